The first-order valence-corrected chi connectivity index (χ1v) is 12.1. The van der Waals surface area contributed by atoms with Gasteiger partial charge < -0.3 is 15.8 Å². The number of aromatic nitrogens is 3. The van der Waals surface area contributed by atoms with Gasteiger partial charge in [-0.15, -0.1) is 0 Å². The average Bonchev–Trinajstić information content (AvgIpc) is 3.52. The number of aryl methyl sites for hydroxylation is 1. The summed E-state index contributed by atoms with van der Waals surface area (Å²) in [5, 5.41) is 7.33. The van der Waals surface area contributed by atoms with E-state index in [1.54, 1.807) is 23.1 Å². The summed E-state index contributed by atoms with van der Waals surface area (Å²) in [6.07, 6.45) is 6.17. The van der Waals surface area contributed by atoms with E-state index in [4.69, 9.17) is 10.5 Å². The third-order valence-corrected chi connectivity index (χ3v) is 6.36. The van der Waals surface area contributed by atoms with Gasteiger partial charge in [0.25, 0.3) is 5.91 Å². The number of nitrogens with one attached hydrogen (secondary N) is 1. The Hall–Kier alpha value is -4.17. The third kappa shape index (κ3) is 5.72. The standard InChI is InChI=1S/C28H30N6O2/c1-33-17-23(15-31-33)22-13-26(27(29)30-14-22)28(35)32-24-10-11-34(18-24)16-21-8-5-9-25(12-21)36-19-20-6-3-2-4-7-20/h2-9,12-15,17,24H,10-11,16,18-19H2,1H3,(H2,29,30)(H,32,35)/t24-/m1/s1. The Bertz CT molecular complexity index is 1340. The summed E-state index contributed by atoms with van der Waals surface area (Å²) in [6, 6.07) is 20.2. The number of likely N-dealkylation sites (tertiary alicyclic amines) is 1. The zero-order valence-corrected chi connectivity index (χ0v) is 20.3. The van der Waals surface area contributed by atoms with Crippen LogP contribution in [0.2, 0.25) is 0 Å². The van der Waals surface area contributed by atoms with Crippen molar-refractivity contribution in [3.05, 3.63) is 95.9 Å². The number of amides is 1. The summed E-state index contributed by atoms with van der Waals surface area (Å²) in [6.45, 7) is 3.02. The van der Waals surface area contributed by atoms with Crippen molar-refractivity contribution in [2.24, 2.45) is 7.05 Å². The van der Waals surface area contributed by atoms with E-state index in [-0.39, 0.29) is 17.8 Å². The Balaban J connectivity index is 1.16. The minimum atomic E-state index is -0.200. The van der Waals surface area contributed by atoms with Crippen LogP contribution in [-0.4, -0.2) is 44.7 Å². The maximum absolute atomic E-state index is 13.0. The lowest BCUT2D eigenvalue weighted by Gasteiger charge is -2.18. The number of carbonyl (C=O) groups excluding carboxylic acids is 1. The molecule has 8 heteroatoms. The van der Waals surface area contributed by atoms with E-state index >= 15 is 0 Å². The molecule has 1 aliphatic rings. The van der Waals surface area contributed by atoms with Crippen LogP contribution in [0.25, 0.3) is 11.1 Å². The van der Waals surface area contributed by atoms with Crippen LogP contribution in [0.4, 0.5) is 5.82 Å². The molecule has 3 heterocycles. The summed E-state index contributed by atoms with van der Waals surface area (Å²) >= 11 is 0. The maximum atomic E-state index is 13.0. The van der Waals surface area contributed by atoms with Gasteiger partial charge in [0.05, 0.1) is 11.8 Å². The van der Waals surface area contributed by atoms with Crippen molar-refractivity contribution in [2.45, 2.75) is 25.6 Å². The molecule has 1 fully saturated rings. The first-order chi connectivity index (χ1) is 17.5. The van der Waals surface area contributed by atoms with Gasteiger partial charge >= 0.3 is 0 Å². The van der Waals surface area contributed by atoms with Gasteiger partial charge in [-0.2, -0.15) is 5.10 Å². The van der Waals surface area contributed by atoms with Crippen LogP contribution in [0, 0.1) is 0 Å². The molecular weight excluding hydrogens is 452 g/mol. The Morgan fingerprint density at radius 3 is 2.72 bits per heavy atom. The second-order valence-electron chi connectivity index (χ2n) is 9.18. The molecule has 4 aromatic rings. The number of nitrogens with zero attached hydrogens (tertiary/aromatic N) is 4. The van der Waals surface area contributed by atoms with Gasteiger partial charge in [-0.3, -0.25) is 14.4 Å². The van der Waals surface area contributed by atoms with E-state index in [2.05, 4.69) is 44.6 Å². The molecule has 36 heavy (non-hydrogen) atoms. The van der Waals surface area contributed by atoms with Gasteiger partial charge in [0.1, 0.15) is 18.2 Å². The molecule has 0 unspecified atom stereocenters. The van der Waals surface area contributed by atoms with Gasteiger partial charge in [0.2, 0.25) is 0 Å². The van der Waals surface area contributed by atoms with E-state index < -0.39 is 0 Å². The molecule has 0 saturated carbocycles. The van der Waals surface area contributed by atoms with Gasteiger partial charge in [0, 0.05) is 56.2 Å². The highest BCUT2D eigenvalue weighted by Gasteiger charge is 2.25. The molecular formula is C28H30N6O2. The number of hydrogen-bond acceptors (Lipinski definition) is 6. The quantitative estimate of drug-likeness (QED) is 0.398. The number of anilines is 1. The molecule has 184 valence electrons. The molecule has 3 N–H and O–H groups in total. The van der Waals surface area contributed by atoms with Crippen molar-refractivity contribution in [2.75, 3.05) is 18.8 Å². The van der Waals surface area contributed by atoms with Gasteiger partial charge in [-0.1, -0.05) is 42.5 Å². The normalized spacial score (nSPS) is 15.6. The Morgan fingerprint density at radius 2 is 1.92 bits per heavy atom. The highest BCUT2D eigenvalue weighted by atomic mass is 16.5. The molecule has 2 aromatic heterocycles. The molecule has 0 aliphatic carbocycles. The SMILES string of the molecule is Cn1cc(-c2cnc(N)c(C(=O)N[C@@H]3CCN(Cc4cccc(OCc5ccccc5)c4)C3)c2)cn1. The highest BCUT2D eigenvalue weighted by molar-refractivity contribution is 5.99. The highest BCUT2D eigenvalue weighted by Crippen LogP contribution is 2.23. The first kappa shape index (κ1) is 23.6. The number of carbonyl (C=O) groups is 1. The Morgan fingerprint density at radius 1 is 1.08 bits per heavy atom. The smallest absolute Gasteiger partial charge is 0.255 e. The monoisotopic (exact) mass is 482 g/mol. The van der Waals surface area contributed by atoms with Crippen LogP contribution in [0.15, 0.2) is 79.3 Å². The fourth-order valence-corrected chi connectivity index (χ4v) is 4.48. The van der Waals surface area contributed by atoms with Crippen molar-refractivity contribution < 1.29 is 9.53 Å². The predicted molar refractivity (Wildman–Crippen MR) is 139 cm³/mol. The summed E-state index contributed by atoms with van der Waals surface area (Å²) < 4.78 is 7.69. The van der Waals surface area contributed by atoms with Crippen molar-refractivity contribution in [1.82, 2.24) is 25.0 Å². The van der Waals surface area contributed by atoms with Crippen molar-refractivity contribution in [3.8, 4) is 16.9 Å². The summed E-state index contributed by atoms with van der Waals surface area (Å²) in [4.78, 5) is 19.6. The number of hydrogen-bond donors (Lipinski definition) is 2. The minimum Gasteiger partial charge on any atom is -0.489 e. The lowest BCUT2D eigenvalue weighted by Crippen LogP contribution is -2.37. The maximum Gasteiger partial charge on any atom is 0.255 e. The van der Waals surface area contributed by atoms with Crippen molar-refractivity contribution >= 4 is 11.7 Å². The van der Waals surface area contributed by atoms with Gasteiger partial charge in [-0.25, -0.2) is 4.98 Å². The third-order valence-electron chi connectivity index (χ3n) is 6.36. The van der Waals surface area contributed by atoms with E-state index in [1.807, 2.05) is 43.6 Å². The number of ether oxygens (including phenoxy) is 1. The summed E-state index contributed by atoms with van der Waals surface area (Å²) in [5.41, 5.74) is 10.5. The molecule has 1 atom stereocenters. The van der Waals surface area contributed by atoms with Crippen LogP contribution in [0.3, 0.4) is 0 Å². The molecule has 5 rings (SSSR count). The zero-order chi connectivity index (χ0) is 24.9. The number of nitrogens with two attached hydrogens (primary N) is 1. The van der Waals surface area contributed by atoms with Crippen LogP contribution < -0.4 is 15.8 Å². The lowest BCUT2D eigenvalue weighted by molar-refractivity contribution is 0.0938. The van der Waals surface area contributed by atoms with Crippen molar-refractivity contribution in [3.63, 3.8) is 0 Å². The molecule has 8 nitrogen and oxygen atoms in total. The number of nitrogen functional groups attached to an aromatic ring is 1. The minimum absolute atomic E-state index is 0.0523. The molecule has 0 spiro atoms. The fourth-order valence-electron chi connectivity index (χ4n) is 4.48. The average molecular weight is 483 g/mol. The largest absolute Gasteiger partial charge is 0.489 e. The Labute approximate surface area is 210 Å². The molecule has 1 saturated heterocycles. The molecule has 0 radical (unpaired) electrons. The van der Waals surface area contributed by atoms with Crippen LogP contribution in [0.1, 0.15) is 27.9 Å². The van der Waals surface area contributed by atoms with Crippen LogP contribution in [-0.2, 0) is 20.2 Å². The number of rotatable bonds is 8. The summed E-state index contributed by atoms with van der Waals surface area (Å²) in [7, 11) is 1.85. The predicted octanol–water partition coefficient (Wildman–Crippen LogP) is 3.65. The van der Waals surface area contributed by atoms with Crippen molar-refractivity contribution in [1.29, 1.82) is 0 Å². The first-order valence-electron chi connectivity index (χ1n) is 12.1. The van der Waals surface area contributed by atoms with E-state index in [9.17, 15) is 4.79 Å². The second-order valence-corrected chi connectivity index (χ2v) is 9.18. The molecule has 1 amide bonds. The Kier molecular flexibility index (Phi) is 6.95. The van der Waals surface area contributed by atoms with E-state index in [0.29, 0.717) is 12.2 Å². The van der Waals surface area contributed by atoms with Gasteiger partial charge in [0.15, 0.2) is 0 Å². The van der Waals surface area contributed by atoms with E-state index in [0.717, 1.165) is 48.5 Å². The lowest BCUT2D eigenvalue weighted by atomic mass is 10.1. The number of pyridine rings is 1. The molecule has 2 aromatic carbocycles. The zero-order valence-electron chi connectivity index (χ0n) is 20.3. The van der Waals surface area contributed by atoms with E-state index in [1.165, 1.54) is 5.56 Å². The second kappa shape index (κ2) is 10.6. The molecule has 1 aliphatic heterocycles. The fraction of sp³-hybridized carbons (Fsp3) is 0.250. The van der Waals surface area contributed by atoms with Crippen LogP contribution >= 0.6 is 0 Å². The number of benzene rings is 2. The van der Waals surface area contributed by atoms with Gasteiger partial charge in [-0.05, 0) is 35.7 Å². The summed E-state index contributed by atoms with van der Waals surface area (Å²) in [5.74, 6) is 0.882. The van der Waals surface area contributed by atoms with Crippen LogP contribution in [0.5, 0.6) is 5.75 Å². The molecule has 0 bridgehead atoms. The topological polar surface area (TPSA) is 98.3 Å².